The van der Waals surface area contributed by atoms with Gasteiger partial charge in [-0.05, 0) is 19.3 Å². The quantitative estimate of drug-likeness (QED) is 0.194. The summed E-state index contributed by atoms with van der Waals surface area (Å²) in [6, 6.07) is 0. The van der Waals surface area contributed by atoms with E-state index in [0.717, 1.165) is 19.4 Å². The maximum absolute atomic E-state index is 11.7. The van der Waals surface area contributed by atoms with E-state index >= 15 is 0 Å². The Labute approximate surface area is 161 Å². The molecule has 1 atom stereocenters. The van der Waals surface area contributed by atoms with Crippen LogP contribution in [-0.2, 0) is 18.3 Å². The van der Waals surface area contributed by atoms with Crippen molar-refractivity contribution < 1.29 is 27.7 Å². The van der Waals surface area contributed by atoms with E-state index in [1.807, 2.05) is 21.1 Å². The molecule has 0 rings (SSSR count). The van der Waals surface area contributed by atoms with Gasteiger partial charge in [0, 0.05) is 13.2 Å². The van der Waals surface area contributed by atoms with Crippen LogP contribution in [0.25, 0.3) is 0 Å². The van der Waals surface area contributed by atoms with Gasteiger partial charge >= 0.3 is 7.82 Å². The Bertz CT molecular complexity index is 360. The van der Waals surface area contributed by atoms with Crippen LogP contribution in [0.3, 0.4) is 0 Å². The van der Waals surface area contributed by atoms with Gasteiger partial charge in [0.05, 0.1) is 27.7 Å². The van der Waals surface area contributed by atoms with E-state index in [4.69, 9.17) is 13.8 Å². The summed E-state index contributed by atoms with van der Waals surface area (Å²) in [4.78, 5) is 9.58. The molecule has 7 heteroatoms. The van der Waals surface area contributed by atoms with Gasteiger partial charge in [0.1, 0.15) is 13.2 Å². The minimum atomic E-state index is -3.91. The molecular weight excluding hydrogens is 353 g/mol. The second-order valence-corrected chi connectivity index (χ2v) is 9.40. The van der Waals surface area contributed by atoms with Crippen molar-refractivity contribution in [2.75, 3.05) is 54.1 Å². The maximum atomic E-state index is 11.7. The number of rotatable bonds is 19. The van der Waals surface area contributed by atoms with Gasteiger partial charge in [0.15, 0.2) is 0 Å². The fourth-order valence-electron chi connectivity index (χ4n) is 2.39. The van der Waals surface area contributed by atoms with Crippen LogP contribution in [-0.4, -0.2) is 63.5 Å². The Hall–Kier alpha value is 0.0300. The number of ether oxygens (including phenoxy) is 1. The molecule has 1 N–H and O–H groups in total. The van der Waals surface area contributed by atoms with Crippen LogP contribution in [0.4, 0.5) is 0 Å². The molecule has 0 fully saturated rings. The minimum absolute atomic E-state index is 0.207. The van der Waals surface area contributed by atoms with Gasteiger partial charge in [-0.25, -0.2) is 4.57 Å². The van der Waals surface area contributed by atoms with Crippen molar-refractivity contribution in [2.45, 2.75) is 71.1 Å². The fraction of sp³-hybridized carbons (Fsp3) is 1.00. The van der Waals surface area contributed by atoms with Gasteiger partial charge in [0.2, 0.25) is 0 Å². The summed E-state index contributed by atoms with van der Waals surface area (Å²) in [5, 5.41) is 0. The van der Waals surface area contributed by atoms with Crippen molar-refractivity contribution >= 4 is 7.82 Å². The second-order valence-electron chi connectivity index (χ2n) is 7.94. The number of likely N-dealkylation sites (N-methyl/N-ethyl adjacent to an activating group) is 1. The molecule has 0 aliphatic rings. The molecule has 0 saturated carbocycles. The van der Waals surface area contributed by atoms with Crippen molar-refractivity contribution in [1.82, 2.24) is 0 Å². The van der Waals surface area contributed by atoms with Gasteiger partial charge < -0.3 is 14.1 Å². The Balaban J connectivity index is 3.33. The molecule has 0 aromatic heterocycles. The van der Waals surface area contributed by atoms with Crippen LogP contribution < -0.4 is 0 Å². The summed E-state index contributed by atoms with van der Waals surface area (Å²) in [5.74, 6) is 0. The Morgan fingerprint density at radius 3 is 1.77 bits per heavy atom. The summed E-state index contributed by atoms with van der Waals surface area (Å²) in [5.41, 5.74) is 0. The van der Waals surface area contributed by atoms with E-state index in [1.54, 1.807) is 0 Å². The predicted octanol–water partition coefficient (Wildman–Crippen LogP) is 4.76. The van der Waals surface area contributed by atoms with Crippen LogP contribution in [0, 0.1) is 0 Å². The summed E-state index contributed by atoms with van der Waals surface area (Å²) in [7, 11) is 2.09. The van der Waals surface area contributed by atoms with E-state index in [9.17, 15) is 9.46 Å². The smallest absolute Gasteiger partial charge is 0.381 e. The molecule has 0 spiro atoms. The number of phosphoric acid groups is 1. The van der Waals surface area contributed by atoms with Crippen LogP contribution >= 0.6 is 7.82 Å². The number of nitrogens with zero attached hydrogens (tertiary/aromatic N) is 1. The molecule has 0 amide bonds. The van der Waals surface area contributed by atoms with Gasteiger partial charge in [-0.15, -0.1) is 0 Å². The minimum Gasteiger partial charge on any atom is -0.381 e. The first-order valence-electron chi connectivity index (χ1n) is 10.3. The molecule has 0 heterocycles. The molecule has 26 heavy (non-hydrogen) atoms. The van der Waals surface area contributed by atoms with Gasteiger partial charge in [-0.1, -0.05) is 51.9 Å². The molecular formula is C19H43NO5P+. The standard InChI is InChI=1S/C19H42NO5P/c1-5-6-7-8-9-10-11-12-16-23-17-13-14-18-24-26(21,22)25-19-15-20(2,3)4/h5-19H2,1-4H3/p+1. The molecule has 0 aliphatic heterocycles. The van der Waals surface area contributed by atoms with Gasteiger partial charge in [-0.2, -0.15) is 0 Å². The summed E-state index contributed by atoms with van der Waals surface area (Å²) < 4.78 is 27.9. The lowest BCUT2D eigenvalue weighted by atomic mass is 10.1. The maximum Gasteiger partial charge on any atom is 0.472 e. The summed E-state index contributed by atoms with van der Waals surface area (Å²) >= 11 is 0. The SMILES string of the molecule is CCCCCCCCCCOCCCCOP(=O)(O)OCC[N+](C)(C)C. The lowest BCUT2D eigenvalue weighted by Crippen LogP contribution is -2.37. The van der Waals surface area contributed by atoms with E-state index in [2.05, 4.69) is 6.92 Å². The highest BCUT2D eigenvalue weighted by Crippen LogP contribution is 2.43. The molecule has 0 bridgehead atoms. The first-order chi connectivity index (χ1) is 12.3. The average molecular weight is 397 g/mol. The highest BCUT2D eigenvalue weighted by Gasteiger charge is 2.21. The molecule has 0 radical (unpaired) electrons. The fourth-order valence-corrected chi connectivity index (χ4v) is 3.14. The van der Waals surface area contributed by atoms with Crippen LogP contribution in [0.2, 0.25) is 0 Å². The largest absolute Gasteiger partial charge is 0.472 e. The third-order valence-corrected chi connectivity index (χ3v) is 5.11. The number of unbranched alkanes of at least 4 members (excludes halogenated alkanes) is 8. The lowest BCUT2D eigenvalue weighted by Gasteiger charge is -2.24. The van der Waals surface area contributed by atoms with Gasteiger partial charge in [-0.3, -0.25) is 9.05 Å². The number of phosphoric ester groups is 1. The molecule has 0 aliphatic carbocycles. The zero-order chi connectivity index (χ0) is 19.7. The zero-order valence-corrected chi connectivity index (χ0v) is 18.5. The first-order valence-corrected chi connectivity index (χ1v) is 11.8. The van der Waals surface area contributed by atoms with Crippen molar-refractivity contribution in [3.8, 4) is 0 Å². The highest BCUT2D eigenvalue weighted by molar-refractivity contribution is 7.47. The van der Waals surface area contributed by atoms with Crippen LogP contribution in [0.1, 0.15) is 71.1 Å². The molecule has 0 saturated heterocycles. The predicted molar refractivity (Wildman–Crippen MR) is 107 cm³/mol. The number of quaternary nitrogens is 1. The third-order valence-electron chi connectivity index (χ3n) is 4.10. The van der Waals surface area contributed by atoms with E-state index < -0.39 is 7.82 Å². The summed E-state index contributed by atoms with van der Waals surface area (Å²) in [6.45, 7) is 4.81. The van der Waals surface area contributed by atoms with Crippen molar-refractivity contribution in [2.24, 2.45) is 0 Å². The van der Waals surface area contributed by atoms with Crippen LogP contribution in [0.5, 0.6) is 0 Å². The topological polar surface area (TPSA) is 65.0 Å². The molecule has 0 aromatic rings. The zero-order valence-electron chi connectivity index (χ0n) is 17.6. The molecule has 1 unspecified atom stereocenters. The third kappa shape index (κ3) is 20.3. The Morgan fingerprint density at radius 2 is 1.19 bits per heavy atom. The first kappa shape index (κ1) is 26.0. The lowest BCUT2D eigenvalue weighted by molar-refractivity contribution is -0.870. The van der Waals surface area contributed by atoms with E-state index in [1.165, 1.54) is 44.9 Å². The van der Waals surface area contributed by atoms with Gasteiger partial charge in [0.25, 0.3) is 0 Å². The molecule has 158 valence electrons. The van der Waals surface area contributed by atoms with E-state index in [-0.39, 0.29) is 13.2 Å². The normalized spacial score (nSPS) is 14.5. The number of hydrogen-bond donors (Lipinski definition) is 1. The van der Waals surface area contributed by atoms with Crippen molar-refractivity contribution in [3.63, 3.8) is 0 Å². The second kappa shape index (κ2) is 16.0. The molecule has 0 aromatic carbocycles. The van der Waals surface area contributed by atoms with Crippen LogP contribution in [0.15, 0.2) is 0 Å². The van der Waals surface area contributed by atoms with Crippen molar-refractivity contribution in [1.29, 1.82) is 0 Å². The number of hydrogen-bond acceptors (Lipinski definition) is 4. The Morgan fingerprint density at radius 1 is 0.731 bits per heavy atom. The Kier molecular flexibility index (Phi) is 16.0. The summed E-state index contributed by atoms with van der Waals surface area (Å²) in [6.07, 6.45) is 11.9. The highest BCUT2D eigenvalue weighted by atomic mass is 31.2. The van der Waals surface area contributed by atoms with Crippen molar-refractivity contribution in [3.05, 3.63) is 0 Å². The van der Waals surface area contributed by atoms with E-state index in [0.29, 0.717) is 24.1 Å². The molecule has 6 nitrogen and oxygen atoms in total. The average Bonchev–Trinajstić information content (AvgIpc) is 2.53. The monoisotopic (exact) mass is 396 g/mol.